The Morgan fingerprint density at radius 1 is 1.10 bits per heavy atom. The number of rotatable bonds is 3. The minimum absolute atomic E-state index is 0. The molecule has 0 aliphatic carbocycles. The molecule has 6 heteroatoms. The maximum absolute atomic E-state index is 10.0. The van der Waals surface area contributed by atoms with E-state index in [0.717, 1.165) is 11.3 Å². The molecule has 31 heavy (non-hydrogen) atoms. The standard InChI is InChI=1S/C20H18GeNSe.C5H8O2.Ir/c1-21(2,3)17-11-7-10-15-16-13-22-18(12-19(16)23-20(15)17)14-8-5-4-6-9-14;1-4(6)3-5(2)7;/h4-8,10-13H,1-3H3;3,6H,1-2H3;/q-1;;/b;4-3-;. The number of aliphatic hydroxyl groups is 1. The normalized spacial score (nSPS) is 11.6. The van der Waals surface area contributed by atoms with Crippen LogP contribution in [0, 0.1) is 6.07 Å². The van der Waals surface area contributed by atoms with E-state index in [1.54, 1.807) is 8.66 Å². The number of fused-ring (bicyclic) bond motifs is 3. The van der Waals surface area contributed by atoms with E-state index in [4.69, 9.17) is 10.1 Å². The first-order valence-corrected chi connectivity index (χ1v) is 18.9. The smallest absolute Gasteiger partial charge is 0 e. The van der Waals surface area contributed by atoms with Crippen LogP contribution in [0.25, 0.3) is 30.6 Å². The molecule has 0 aliphatic rings. The van der Waals surface area contributed by atoms with E-state index in [1.165, 1.54) is 35.0 Å². The van der Waals surface area contributed by atoms with Crippen LogP contribution in [0.4, 0.5) is 0 Å². The summed E-state index contributed by atoms with van der Waals surface area (Å²) in [6.07, 6.45) is 3.23. The molecule has 0 fully saturated rings. The topological polar surface area (TPSA) is 50.2 Å². The zero-order chi connectivity index (χ0) is 21.9. The van der Waals surface area contributed by atoms with E-state index in [2.05, 4.69) is 59.9 Å². The number of pyridine rings is 1. The van der Waals surface area contributed by atoms with Gasteiger partial charge in [0, 0.05) is 26.2 Å². The number of carbonyl (C=O) groups excluding carboxylic acids is 1. The first-order chi connectivity index (χ1) is 14.2. The fourth-order valence-electron chi connectivity index (χ4n) is 3.28. The number of benzene rings is 2. The number of aliphatic hydroxyl groups excluding tert-OH is 1. The minimum Gasteiger partial charge on any atom is 0 e. The molecule has 0 saturated carbocycles. The molecule has 163 valence electrons. The largest absolute Gasteiger partial charge is 0 e. The molecule has 3 nitrogen and oxygen atoms in total. The maximum atomic E-state index is 10.0. The first kappa shape index (κ1) is 25.8. The van der Waals surface area contributed by atoms with Crippen LogP contribution in [-0.2, 0) is 24.9 Å². The molecule has 0 aliphatic heterocycles. The Kier molecular flexibility index (Phi) is 9.05. The summed E-state index contributed by atoms with van der Waals surface area (Å²) in [5, 5.41) is 11.1. The van der Waals surface area contributed by atoms with Crippen molar-refractivity contribution in [1.29, 1.82) is 0 Å². The third kappa shape index (κ3) is 6.50. The van der Waals surface area contributed by atoms with Crippen molar-refractivity contribution in [3.63, 3.8) is 0 Å². The zero-order valence-electron chi connectivity index (χ0n) is 18.3. The van der Waals surface area contributed by atoms with E-state index < -0.39 is 13.3 Å². The third-order valence-corrected chi connectivity index (χ3v) is 12.2. The molecular formula is C25H26GeIrNO2Se-. The van der Waals surface area contributed by atoms with E-state index >= 15 is 0 Å². The van der Waals surface area contributed by atoms with Crippen LogP contribution in [0.15, 0.2) is 66.6 Å². The molecule has 0 atom stereocenters. The molecule has 1 radical (unpaired) electrons. The van der Waals surface area contributed by atoms with Crippen molar-refractivity contribution in [2.45, 2.75) is 31.1 Å². The second-order valence-corrected chi connectivity index (χ2v) is 21.1. The van der Waals surface area contributed by atoms with Crippen molar-refractivity contribution in [3.8, 4) is 11.3 Å². The number of hydrogen-bond donors (Lipinski definition) is 1. The van der Waals surface area contributed by atoms with E-state index in [0.29, 0.717) is 14.5 Å². The van der Waals surface area contributed by atoms with Crippen molar-refractivity contribution in [2.24, 2.45) is 0 Å². The second kappa shape index (κ2) is 10.9. The third-order valence-electron chi connectivity index (χ3n) is 4.59. The fourth-order valence-corrected chi connectivity index (χ4v) is 12.5. The van der Waals surface area contributed by atoms with Crippen molar-refractivity contribution in [3.05, 3.63) is 72.6 Å². The Labute approximate surface area is 206 Å². The van der Waals surface area contributed by atoms with Crippen LogP contribution < -0.4 is 4.40 Å². The molecule has 2 aromatic heterocycles. The van der Waals surface area contributed by atoms with Gasteiger partial charge in [-0.1, -0.05) is 0 Å². The Balaban J connectivity index is 0.000000373. The molecule has 4 aromatic rings. The van der Waals surface area contributed by atoms with Crippen LogP contribution in [0.5, 0.6) is 0 Å². The van der Waals surface area contributed by atoms with E-state index in [1.807, 2.05) is 18.2 Å². The van der Waals surface area contributed by atoms with Gasteiger partial charge in [-0.25, -0.2) is 0 Å². The summed E-state index contributed by atoms with van der Waals surface area (Å²) in [5.41, 5.74) is 2.12. The summed E-state index contributed by atoms with van der Waals surface area (Å²) in [7, 11) is 0. The number of nitrogens with zero attached hydrogens (tertiary/aromatic N) is 1. The molecule has 0 saturated heterocycles. The summed E-state index contributed by atoms with van der Waals surface area (Å²) < 4.78 is 4.74. The molecule has 4 rings (SSSR count). The number of allylic oxidation sites excluding steroid dienone is 2. The molecule has 2 aromatic carbocycles. The predicted octanol–water partition coefficient (Wildman–Crippen LogP) is 5.49. The summed E-state index contributed by atoms with van der Waals surface area (Å²) in [6.45, 7) is 2.85. The zero-order valence-corrected chi connectivity index (χ0v) is 24.5. The van der Waals surface area contributed by atoms with Crippen LogP contribution >= 0.6 is 0 Å². The molecule has 0 amide bonds. The number of ketones is 1. The number of hydrogen-bond acceptors (Lipinski definition) is 3. The molecule has 2 heterocycles. The fraction of sp³-hybridized carbons (Fsp3) is 0.200. The van der Waals surface area contributed by atoms with Crippen LogP contribution in [0.2, 0.25) is 17.3 Å². The van der Waals surface area contributed by atoms with Gasteiger partial charge in [0.05, 0.1) is 5.76 Å². The molecule has 0 spiro atoms. The summed E-state index contributed by atoms with van der Waals surface area (Å²) in [5.74, 6) is 7.39. The minimum atomic E-state index is -1.84. The summed E-state index contributed by atoms with van der Waals surface area (Å²) in [6, 6.07) is 20.5. The van der Waals surface area contributed by atoms with Gasteiger partial charge < -0.3 is 5.11 Å². The Hall–Kier alpha value is -1.49. The van der Waals surface area contributed by atoms with Gasteiger partial charge in [0.25, 0.3) is 0 Å². The van der Waals surface area contributed by atoms with Gasteiger partial charge >= 0.3 is 146 Å². The first-order valence-electron chi connectivity index (χ1n) is 9.83. The van der Waals surface area contributed by atoms with Gasteiger partial charge in [0.15, 0.2) is 5.78 Å². The van der Waals surface area contributed by atoms with Gasteiger partial charge in [-0.05, 0) is 13.8 Å². The second-order valence-electron chi connectivity index (χ2n) is 8.27. The molecule has 0 bridgehead atoms. The van der Waals surface area contributed by atoms with Crippen LogP contribution in [0.3, 0.4) is 0 Å². The monoisotopic (exact) mass is 719 g/mol. The quantitative estimate of drug-likeness (QED) is 0.132. The average molecular weight is 716 g/mol. The molecule has 1 N–H and O–H groups in total. The SMILES string of the molecule is CC(=O)/C=C(/C)O.[CH3][Ge]([CH3])([CH3])[c]1cccc2c1[se]c1cc(-c3[c-]cccc3)ncc12.[Ir]. The van der Waals surface area contributed by atoms with Crippen molar-refractivity contribution in [2.75, 3.05) is 0 Å². The van der Waals surface area contributed by atoms with Gasteiger partial charge in [-0.2, -0.15) is 0 Å². The Morgan fingerprint density at radius 3 is 2.39 bits per heavy atom. The summed E-state index contributed by atoms with van der Waals surface area (Å²) in [4.78, 5) is 14.7. The van der Waals surface area contributed by atoms with E-state index in [9.17, 15) is 4.79 Å². The number of aromatic nitrogens is 1. The predicted molar refractivity (Wildman–Crippen MR) is 131 cm³/mol. The molecular weight excluding hydrogens is 690 g/mol. The van der Waals surface area contributed by atoms with Gasteiger partial charge in [0.2, 0.25) is 0 Å². The van der Waals surface area contributed by atoms with Crippen molar-refractivity contribution >= 4 is 57.2 Å². The average Bonchev–Trinajstić information content (AvgIpc) is 3.05. The van der Waals surface area contributed by atoms with Gasteiger partial charge in [-0.15, -0.1) is 0 Å². The van der Waals surface area contributed by atoms with Crippen LogP contribution in [-0.4, -0.2) is 43.6 Å². The van der Waals surface area contributed by atoms with Crippen LogP contribution in [0.1, 0.15) is 13.8 Å². The van der Waals surface area contributed by atoms with Gasteiger partial charge in [-0.3, -0.25) is 4.79 Å². The van der Waals surface area contributed by atoms with Crippen molar-refractivity contribution < 1.29 is 30.0 Å². The van der Waals surface area contributed by atoms with Crippen molar-refractivity contribution in [1.82, 2.24) is 4.98 Å². The number of carbonyl (C=O) groups is 1. The molecule has 0 unspecified atom stereocenters. The maximum Gasteiger partial charge on any atom is 0 e. The van der Waals surface area contributed by atoms with E-state index in [-0.39, 0.29) is 31.6 Å². The Bertz CT molecular complexity index is 1220. The summed E-state index contributed by atoms with van der Waals surface area (Å²) >= 11 is -1.45. The Morgan fingerprint density at radius 2 is 1.84 bits per heavy atom. The van der Waals surface area contributed by atoms with Gasteiger partial charge in [0.1, 0.15) is 0 Å².